The highest BCUT2D eigenvalue weighted by Crippen LogP contribution is 2.45. The third kappa shape index (κ3) is 7.96. The van der Waals surface area contributed by atoms with Gasteiger partial charge in [0.25, 0.3) is 6.43 Å². The highest BCUT2D eigenvalue weighted by Gasteiger charge is 2.34. The Bertz CT molecular complexity index is 2610. The summed E-state index contributed by atoms with van der Waals surface area (Å²) in [6, 6.07) is 11.9. The molecule has 1 fully saturated rings. The number of benzene rings is 2. The van der Waals surface area contributed by atoms with Gasteiger partial charge in [-0.25, -0.2) is 18.7 Å². The molecule has 1 amide bonds. The number of piperidine rings is 1. The number of carbonyl (C=O) groups is 1. The number of carbonyl (C=O) groups excluding carboxylic acids is 1. The number of amides is 1. The van der Waals surface area contributed by atoms with Gasteiger partial charge < -0.3 is 25.0 Å². The molecule has 0 aliphatic carbocycles. The summed E-state index contributed by atoms with van der Waals surface area (Å²) in [5.74, 6) is 1.39. The first kappa shape index (κ1) is 40.3. The quantitative estimate of drug-likeness (QED) is 0.133. The zero-order valence-corrected chi connectivity index (χ0v) is 35.4. The second kappa shape index (κ2) is 16.7. The fourth-order valence-electron chi connectivity index (χ4n) is 9.36. The molecule has 0 bridgehead atoms. The van der Waals surface area contributed by atoms with E-state index in [0.29, 0.717) is 36.7 Å². The number of alkyl halides is 2. The molecule has 4 aromatic heterocycles. The van der Waals surface area contributed by atoms with Crippen LogP contribution in [0.4, 0.5) is 31.7 Å². The topological polar surface area (TPSA) is 112 Å². The van der Waals surface area contributed by atoms with E-state index >= 15 is 8.78 Å². The lowest BCUT2D eigenvalue weighted by atomic mass is 9.91. The molecule has 0 spiro atoms. The first-order valence-corrected chi connectivity index (χ1v) is 21.3. The minimum atomic E-state index is -2.66. The Hall–Kier alpha value is -6.15. The molecule has 0 unspecified atom stereocenters. The van der Waals surface area contributed by atoms with E-state index in [4.69, 9.17) is 5.10 Å². The van der Waals surface area contributed by atoms with E-state index < -0.39 is 6.43 Å². The fraction of sp³-hybridized carbons (Fsp3) is 0.383. The number of anilines is 4. The van der Waals surface area contributed by atoms with E-state index in [2.05, 4.69) is 71.5 Å². The summed E-state index contributed by atoms with van der Waals surface area (Å²) in [6.07, 6.45) is 10.2. The number of allylic oxidation sites excluding steroid dienone is 1. The van der Waals surface area contributed by atoms with Gasteiger partial charge in [0.2, 0.25) is 5.91 Å². The molecular formula is C47H53F2N11O. The van der Waals surface area contributed by atoms with Gasteiger partial charge in [0.05, 0.1) is 42.7 Å². The van der Waals surface area contributed by atoms with Crippen molar-refractivity contribution in [2.75, 3.05) is 48.3 Å². The fourth-order valence-corrected chi connectivity index (χ4v) is 9.36. The van der Waals surface area contributed by atoms with Crippen LogP contribution in [0.1, 0.15) is 78.0 Å². The zero-order valence-electron chi connectivity index (χ0n) is 35.4. The van der Waals surface area contributed by atoms with E-state index in [9.17, 15) is 4.79 Å². The van der Waals surface area contributed by atoms with Crippen LogP contribution in [-0.4, -0.2) is 77.7 Å². The Balaban J connectivity index is 0.908. The summed E-state index contributed by atoms with van der Waals surface area (Å²) in [5, 5.41) is 12.6. The number of pyridine rings is 1. The largest absolute Gasteiger partial charge is 0.378 e. The predicted molar refractivity (Wildman–Crippen MR) is 236 cm³/mol. The van der Waals surface area contributed by atoms with Crippen LogP contribution in [0.2, 0.25) is 0 Å². The van der Waals surface area contributed by atoms with Crippen LogP contribution in [0, 0.1) is 13.8 Å². The van der Waals surface area contributed by atoms with Crippen molar-refractivity contribution in [2.45, 2.75) is 78.4 Å². The summed E-state index contributed by atoms with van der Waals surface area (Å²) < 4.78 is 34.4. The number of fused-ring (bicyclic) bond motifs is 3. The number of nitrogens with one attached hydrogen (secondary N) is 2. The van der Waals surface area contributed by atoms with Gasteiger partial charge in [0, 0.05) is 110 Å². The summed E-state index contributed by atoms with van der Waals surface area (Å²) in [5.41, 5.74) is 11.5. The molecule has 61 heavy (non-hydrogen) atoms. The first-order valence-electron chi connectivity index (χ1n) is 21.3. The van der Waals surface area contributed by atoms with Crippen LogP contribution < -0.4 is 15.5 Å². The third-order valence-electron chi connectivity index (χ3n) is 12.8. The van der Waals surface area contributed by atoms with Crippen molar-refractivity contribution >= 4 is 39.7 Å². The molecule has 0 saturated carbocycles. The highest BCUT2D eigenvalue weighted by molar-refractivity contribution is 5.97. The van der Waals surface area contributed by atoms with Gasteiger partial charge >= 0.3 is 0 Å². The maximum Gasteiger partial charge on any atom is 0.264 e. The number of rotatable bonds is 11. The number of hydrogen-bond donors (Lipinski definition) is 2. The van der Waals surface area contributed by atoms with E-state index in [0.717, 1.165) is 102 Å². The van der Waals surface area contributed by atoms with E-state index in [1.807, 2.05) is 49.0 Å². The van der Waals surface area contributed by atoms with Crippen molar-refractivity contribution in [1.29, 1.82) is 0 Å². The molecular weight excluding hydrogens is 773 g/mol. The van der Waals surface area contributed by atoms with Crippen molar-refractivity contribution in [3.05, 3.63) is 119 Å². The van der Waals surface area contributed by atoms with Crippen molar-refractivity contribution in [3.63, 3.8) is 0 Å². The van der Waals surface area contributed by atoms with Crippen LogP contribution in [0.3, 0.4) is 0 Å². The molecule has 1 saturated heterocycles. The standard InChI is InChI=1S/C47H53F2N11O/c1-29(2)58-19-14-42-39(27-58)47(59-16-7-9-32-20-35(36(46(48)49)21-43(32)59)38-26-56(5)41-11-15-50-24-37(38)41)55-60(42)34-12-17-57(18-13-34)28-45(61)54-33-22-52-44(53-23-33)25-51-40-10-6-8-30(3)31(40)4/h6,8,10-11,15,20-24,26,34,46,51H,1,7,9,12-14,16-19,25,27-28H2,2-5H3,(H,54,61). The molecule has 3 aliphatic heterocycles. The Kier molecular flexibility index (Phi) is 11.0. The minimum Gasteiger partial charge on any atom is -0.378 e. The van der Waals surface area contributed by atoms with Crippen molar-refractivity contribution in [1.82, 2.24) is 39.1 Å². The third-order valence-corrected chi connectivity index (χ3v) is 12.8. The monoisotopic (exact) mass is 825 g/mol. The SMILES string of the molecule is C=C(C)N1CCc2c(c(N3CCCc4cc(-c5cn(C)c6ccncc56)c(C(F)F)cc43)nn2C2CCN(CC(=O)Nc3cnc(CNc4cccc(C)c4C)nc3)CC2)C1. The average molecular weight is 826 g/mol. The lowest BCUT2D eigenvalue weighted by molar-refractivity contribution is -0.117. The molecule has 0 atom stereocenters. The molecule has 3 aliphatic rings. The van der Waals surface area contributed by atoms with Crippen molar-refractivity contribution in [3.8, 4) is 11.1 Å². The Morgan fingerprint density at radius 2 is 1.80 bits per heavy atom. The normalized spacial score (nSPS) is 15.9. The van der Waals surface area contributed by atoms with Crippen LogP contribution in [-0.2, 0) is 37.8 Å². The Morgan fingerprint density at radius 1 is 1.00 bits per heavy atom. The predicted octanol–water partition coefficient (Wildman–Crippen LogP) is 8.64. The summed E-state index contributed by atoms with van der Waals surface area (Å²) >= 11 is 0. The first-order chi connectivity index (χ1) is 29.5. The van der Waals surface area contributed by atoms with Gasteiger partial charge in [0.15, 0.2) is 5.82 Å². The summed E-state index contributed by atoms with van der Waals surface area (Å²) in [6.45, 7) is 14.9. The second-order valence-corrected chi connectivity index (χ2v) is 16.8. The molecule has 0 radical (unpaired) electrons. The number of aryl methyl sites for hydroxylation is 3. The minimum absolute atomic E-state index is 0.0149. The highest BCUT2D eigenvalue weighted by atomic mass is 19.3. The van der Waals surface area contributed by atoms with Crippen LogP contribution in [0.5, 0.6) is 0 Å². The number of likely N-dealkylation sites (tertiary alicyclic amines) is 1. The van der Waals surface area contributed by atoms with E-state index in [1.54, 1.807) is 30.9 Å². The molecule has 316 valence electrons. The van der Waals surface area contributed by atoms with Gasteiger partial charge in [-0.3, -0.25) is 19.4 Å². The molecule has 14 heteroatoms. The van der Waals surface area contributed by atoms with Gasteiger partial charge in [-0.15, -0.1) is 0 Å². The molecule has 12 nitrogen and oxygen atoms in total. The number of hydrogen-bond acceptors (Lipinski definition) is 9. The smallest absolute Gasteiger partial charge is 0.264 e. The molecule has 9 rings (SSSR count). The maximum absolute atomic E-state index is 15.1. The van der Waals surface area contributed by atoms with Crippen molar-refractivity contribution < 1.29 is 13.6 Å². The van der Waals surface area contributed by atoms with Crippen LogP contribution in [0.15, 0.2) is 79.7 Å². The summed E-state index contributed by atoms with van der Waals surface area (Å²) in [7, 11) is 1.94. The van der Waals surface area contributed by atoms with Crippen LogP contribution >= 0.6 is 0 Å². The van der Waals surface area contributed by atoms with Crippen LogP contribution in [0.25, 0.3) is 22.0 Å². The summed E-state index contributed by atoms with van der Waals surface area (Å²) in [4.78, 5) is 33.1. The Labute approximate surface area is 355 Å². The zero-order chi connectivity index (χ0) is 42.4. The molecule has 2 N–H and O–H groups in total. The van der Waals surface area contributed by atoms with Gasteiger partial charge in [-0.1, -0.05) is 18.7 Å². The second-order valence-electron chi connectivity index (χ2n) is 16.8. The maximum atomic E-state index is 15.1. The number of halogens is 2. The molecule has 6 aromatic rings. The van der Waals surface area contributed by atoms with Gasteiger partial charge in [0.1, 0.15) is 5.82 Å². The lowest BCUT2D eigenvalue weighted by Gasteiger charge is -2.34. The Morgan fingerprint density at radius 3 is 2.57 bits per heavy atom. The number of nitrogens with zero attached hydrogens (tertiary/aromatic N) is 9. The number of aromatic nitrogens is 6. The lowest BCUT2D eigenvalue weighted by Crippen LogP contribution is -2.40. The van der Waals surface area contributed by atoms with Crippen molar-refractivity contribution in [2.24, 2.45) is 7.05 Å². The van der Waals surface area contributed by atoms with E-state index in [-0.39, 0.29) is 24.1 Å². The average Bonchev–Trinajstić information content (AvgIpc) is 3.81. The van der Waals surface area contributed by atoms with Gasteiger partial charge in [-0.2, -0.15) is 5.10 Å². The van der Waals surface area contributed by atoms with E-state index in [1.165, 1.54) is 16.8 Å². The molecule has 7 heterocycles. The van der Waals surface area contributed by atoms with Gasteiger partial charge in [-0.05, 0) is 93.0 Å². The molecule has 2 aromatic carbocycles.